The number of anilines is 1. The molecule has 0 saturated carbocycles. The van der Waals surface area contributed by atoms with Crippen molar-refractivity contribution in [3.8, 4) is 0 Å². The zero-order chi connectivity index (χ0) is 13.9. The Morgan fingerprint density at radius 3 is 2.28 bits per heavy atom. The van der Waals surface area contributed by atoms with Crippen LogP contribution in [0.4, 0.5) is 11.4 Å². The molecule has 0 aliphatic carbocycles. The Morgan fingerprint density at radius 2 is 1.89 bits per heavy atom. The van der Waals surface area contributed by atoms with Crippen molar-refractivity contribution < 1.29 is 10.0 Å². The van der Waals surface area contributed by atoms with Crippen molar-refractivity contribution >= 4 is 34.6 Å². The molecule has 0 saturated heterocycles. The summed E-state index contributed by atoms with van der Waals surface area (Å²) in [5, 5.41) is 23.1. The Balaban J connectivity index is 3.00. The Hall–Kier alpha value is -1.04. The molecule has 5 nitrogen and oxygen atoms in total. The van der Waals surface area contributed by atoms with E-state index < -0.39 is 4.92 Å². The Bertz CT molecular complexity index is 431. The van der Waals surface area contributed by atoms with Crippen LogP contribution in [0.2, 0.25) is 10.0 Å². The van der Waals surface area contributed by atoms with E-state index in [0.717, 1.165) is 0 Å². The third-order valence-corrected chi connectivity index (χ3v) is 3.35. The van der Waals surface area contributed by atoms with Crippen LogP contribution in [-0.4, -0.2) is 22.7 Å². The molecule has 2 N–H and O–H groups in total. The zero-order valence-electron chi connectivity index (χ0n) is 9.98. The number of aliphatic hydroxyl groups is 1. The standard InChI is InChI=1S/C11H14Cl2N2O3/c1-6(5-16)7(2)14-11-9(12)3-8(15(17)18)4-10(11)13/h3-4,6-7,14,16H,5H2,1-2H3. The lowest BCUT2D eigenvalue weighted by Gasteiger charge is -2.21. The molecule has 18 heavy (non-hydrogen) atoms. The first-order valence-corrected chi connectivity index (χ1v) is 6.13. The highest BCUT2D eigenvalue weighted by Crippen LogP contribution is 2.35. The number of benzene rings is 1. The number of hydrogen-bond donors (Lipinski definition) is 2. The van der Waals surface area contributed by atoms with Gasteiger partial charge in [0.2, 0.25) is 0 Å². The predicted octanol–water partition coefficient (Wildman–Crippen LogP) is 3.33. The molecule has 1 rings (SSSR count). The molecule has 2 unspecified atom stereocenters. The van der Waals surface area contributed by atoms with Crippen molar-refractivity contribution in [2.24, 2.45) is 5.92 Å². The van der Waals surface area contributed by atoms with Crippen LogP contribution >= 0.6 is 23.2 Å². The molecule has 1 aromatic carbocycles. The third kappa shape index (κ3) is 3.48. The molecule has 0 bridgehead atoms. The van der Waals surface area contributed by atoms with Crippen LogP contribution in [0.25, 0.3) is 0 Å². The number of nitrogens with zero attached hydrogens (tertiary/aromatic N) is 1. The molecule has 0 aliphatic rings. The number of nitrogens with one attached hydrogen (secondary N) is 1. The zero-order valence-corrected chi connectivity index (χ0v) is 11.5. The summed E-state index contributed by atoms with van der Waals surface area (Å²) in [5.74, 6) is 0.00678. The highest BCUT2D eigenvalue weighted by atomic mass is 35.5. The van der Waals surface area contributed by atoms with Crippen LogP contribution in [0.5, 0.6) is 0 Å². The van der Waals surface area contributed by atoms with E-state index in [0.29, 0.717) is 5.69 Å². The molecule has 0 spiro atoms. The number of aliphatic hydroxyl groups excluding tert-OH is 1. The van der Waals surface area contributed by atoms with Gasteiger partial charge in [0, 0.05) is 24.8 Å². The largest absolute Gasteiger partial charge is 0.396 e. The van der Waals surface area contributed by atoms with Gasteiger partial charge >= 0.3 is 0 Å². The van der Waals surface area contributed by atoms with Crippen LogP contribution in [-0.2, 0) is 0 Å². The summed E-state index contributed by atoms with van der Waals surface area (Å²) in [6.07, 6.45) is 0. The second kappa shape index (κ2) is 6.22. The maximum atomic E-state index is 10.6. The van der Waals surface area contributed by atoms with Crippen LogP contribution in [0.3, 0.4) is 0 Å². The molecule has 0 fully saturated rings. The van der Waals surface area contributed by atoms with Crippen LogP contribution in [0, 0.1) is 16.0 Å². The molecule has 0 radical (unpaired) electrons. The SMILES string of the molecule is CC(CO)C(C)Nc1c(Cl)cc([N+](=O)[O-])cc1Cl. The summed E-state index contributed by atoms with van der Waals surface area (Å²) in [6.45, 7) is 3.76. The number of halogens is 2. The summed E-state index contributed by atoms with van der Waals surface area (Å²) < 4.78 is 0. The van der Waals surface area contributed by atoms with Gasteiger partial charge in [-0.25, -0.2) is 0 Å². The number of nitro groups is 1. The van der Waals surface area contributed by atoms with Crippen molar-refractivity contribution in [3.63, 3.8) is 0 Å². The minimum atomic E-state index is -0.554. The Kier molecular flexibility index (Phi) is 5.19. The van der Waals surface area contributed by atoms with E-state index in [1.54, 1.807) is 0 Å². The van der Waals surface area contributed by atoms with E-state index >= 15 is 0 Å². The predicted molar refractivity (Wildman–Crippen MR) is 72.5 cm³/mol. The number of hydrogen-bond acceptors (Lipinski definition) is 4. The molecule has 0 heterocycles. The first kappa shape index (κ1) is 15.0. The molecule has 1 aromatic rings. The summed E-state index contributed by atoms with van der Waals surface area (Å²) in [5.41, 5.74) is 0.287. The molecule has 0 amide bonds. The van der Waals surface area contributed by atoms with Gasteiger partial charge in [0.15, 0.2) is 0 Å². The van der Waals surface area contributed by atoms with Gasteiger partial charge in [-0.2, -0.15) is 0 Å². The van der Waals surface area contributed by atoms with Gasteiger partial charge in [-0.3, -0.25) is 10.1 Å². The summed E-state index contributed by atoms with van der Waals surface area (Å²) >= 11 is 11.9. The lowest BCUT2D eigenvalue weighted by Crippen LogP contribution is -2.26. The summed E-state index contributed by atoms with van der Waals surface area (Å²) in [6, 6.07) is 2.42. The van der Waals surface area contributed by atoms with Gasteiger partial charge in [-0.1, -0.05) is 30.1 Å². The van der Waals surface area contributed by atoms with Gasteiger partial charge in [0.05, 0.1) is 20.7 Å². The van der Waals surface area contributed by atoms with Gasteiger partial charge in [-0.15, -0.1) is 0 Å². The fourth-order valence-electron chi connectivity index (χ4n) is 1.33. The average molecular weight is 293 g/mol. The molecule has 0 aromatic heterocycles. The minimum absolute atomic E-state index is 0.00678. The van der Waals surface area contributed by atoms with E-state index in [-0.39, 0.29) is 34.3 Å². The summed E-state index contributed by atoms with van der Waals surface area (Å²) in [7, 11) is 0. The Labute approximate surface area is 115 Å². The number of non-ortho nitro benzene ring substituents is 1. The van der Waals surface area contributed by atoms with E-state index in [1.807, 2.05) is 13.8 Å². The maximum Gasteiger partial charge on any atom is 0.272 e. The molecular formula is C11H14Cl2N2O3. The van der Waals surface area contributed by atoms with Crippen LogP contribution in [0.15, 0.2) is 12.1 Å². The highest BCUT2D eigenvalue weighted by molar-refractivity contribution is 6.39. The fraction of sp³-hybridized carbons (Fsp3) is 0.455. The third-order valence-electron chi connectivity index (χ3n) is 2.75. The monoisotopic (exact) mass is 292 g/mol. The van der Waals surface area contributed by atoms with Crippen LogP contribution < -0.4 is 5.32 Å². The normalized spacial score (nSPS) is 14.1. The van der Waals surface area contributed by atoms with E-state index in [2.05, 4.69) is 5.32 Å². The smallest absolute Gasteiger partial charge is 0.272 e. The second-order valence-electron chi connectivity index (χ2n) is 4.13. The van der Waals surface area contributed by atoms with Gasteiger partial charge in [0.1, 0.15) is 0 Å². The average Bonchev–Trinajstić information content (AvgIpc) is 2.31. The van der Waals surface area contributed by atoms with E-state index in [1.165, 1.54) is 12.1 Å². The Morgan fingerprint density at radius 1 is 1.39 bits per heavy atom. The lowest BCUT2D eigenvalue weighted by atomic mass is 10.0. The fourth-order valence-corrected chi connectivity index (χ4v) is 1.92. The minimum Gasteiger partial charge on any atom is -0.396 e. The second-order valence-corrected chi connectivity index (χ2v) is 4.95. The topological polar surface area (TPSA) is 75.4 Å². The van der Waals surface area contributed by atoms with Crippen LogP contribution in [0.1, 0.15) is 13.8 Å². The van der Waals surface area contributed by atoms with Crippen molar-refractivity contribution in [1.29, 1.82) is 0 Å². The first-order chi connectivity index (χ1) is 8.36. The van der Waals surface area contributed by atoms with Crippen molar-refractivity contribution in [2.45, 2.75) is 19.9 Å². The lowest BCUT2D eigenvalue weighted by molar-refractivity contribution is -0.384. The molecular weight excluding hydrogens is 279 g/mol. The van der Waals surface area contributed by atoms with Gasteiger partial charge in [-0.05, 0) is 12.8 Å². The van der Waals surface area contributed by atoms with E-state index in [4.69, 9.17) is 28.3 Å². The number of rotatable bonds is 5. The molecule has 0 aliphatic heterocycles. The van der Waals surface area contributed by atoms with Crippen molar-refractivity contribution in [2.75, 3.05) is 11.9 Å². The maximum absolute atomic E-state index is 10.6. The first-order valence-electron chi connectivity index (χ1n) is 5.37. The van der Waals surface area contributed by atoms with Gasteiger partial charge < -0.3 is 10.4 Å². The molecule has 7 heteroatoms. The summed E-state index contributed by atoms with van der Waals surface area (Å²) in [4.78, 5) is 10.1. The van der Waals surface area contributed by atoms with Crippen molar-refractivity contribution in [3.05, 3.63) is 32.3 Å². The highest BCUT2D eigenvalue weighted by Gasteiger charge is 2.18. The quantitative estimate of drug-likeness (QED) is 0.645. The molecule has 100 valence electrons. The van der Waals surface area contributed by atoms with Crippen molar-refractivity contribution in [1.82, 2.24) is 0 Å². The molecule has 2 atom stereocenters. The van der Waals surface area contributed by atoms with Gasteiger partial charge in [0.25, 0.3) is 5.69 Å². The van der Waals surface area contributed by atoms with E-state index in [9.17, 15) is 10.1 Å². The number of nitro benzene ring substituents is 1.